The Morgan fingerprint density at radius 1 is 1.56 bits per heavy atom. The third kappa shape index (κ3) is 2.09. The van der Waals surface area contributed by atoms with Gasteiger partial charge < -0.3 is 5.32 Å². The van der Waals surface area contributed by atoms with E-state index in [9.17, 15) is 9.59 Å². The molecule has 0 spiro atoms. The number of rotatable bonds is 3. The molecule has 86 valence electrons. The highest BCUT2D eigenvalue weighted by atomic mass is 35.5. The van der Waals surface area contributed by atoms with E-state index in [1.807, 2.05) is 0 Å². The van der Waals surface area contributed by atoms with Crippen LogP contribution in [0.5, 0.6) is 0 Å². The van der Waals surface area contributed by atoms with E-state index in [-0.39, 0.29) is 22.7 Å². The van der Waals surface area contributed by atoms with Gasteiger partial charge in [0.25, 0.3) is 11.5 Å². The first-order chi connectivity index (χ1) is 7.65. The first-order valence-electron chi connectivity index (χ1n) is 5.09. The molecule has 5 nitrogen and oxygen atoms in total. The fraction of sp³-hybridized carbons (Fsp3) is 0.500. The maximum atomic E-state index is 11.8. The second kappa shape index (κ2) is 4.25. The van der Waals surface area contributed by atoms with E-state index in [0.29, 0.717) is 5.88 Å². The molecule has 1 aromatic rings. The van der Waals surface area contributed by atoms with E-state index in [0.717, 1.165) is 19.3 Å². The lowest BCUT2D eigenvalue weighted by Gasteiger charge is -2.40. The van der Waals surface area contributed by atoms with Gasteiger partial charge >= 0.3 is 0 Å². The highest BCUT2D eigenvalue weighted by Gasteiger charge is 2.37. The Balaban J connectivity index is 2.08. The summed E-state index contributed by atoms with van der Waals surface area (Å²) in [6.45, 7) is 0. The van der Waals surface area contributed by atoms with Gasteiger partial charge in [-0.05, 0) is 25.3 Å². The van der Waals surface area contributed by atoms with Crippen molar-refractivity contribution >= 4 is 17.5 Å². The molecule has 0 atom stereocenters. The molecule has 1 aromatic heterocycles. The van der Waals surface area contributed by atoms with Crippen LogP contribution >= 0.6 is 11.6 Å². The maximum absolute atomic E-state index is 11.8. The van der Waals surface area contributed by atoms with Crippen LogP contribution in [-0.2, 0) is 0 Å². The van der Waals surface area contributed by atoms with Crippen molar-refractivity contribution in [2.75, 3.05) is 5.88 Å². The molecule has 0 bridgehead atoms. The zero-order valence-corrected chi connectivity index (χ0v) is 9.38. The van der Waals surface area contributed by atoms with E-state index in [1.54, 1.807) is 0 Å². The molecule has 0 aromatic carbocycles. The van der Waals surface area contributed by atoms with E-state index >= 15 is 0 Å². The molecule has 1 amide bonds. The van der Waals surface area contributed by atoms with Gasteiger partial charge in [0.2, 0.25) is 0 Å². The molecule has 1 aliphatic carbocycles. The normalized spacial score (nSPS) is 17.6. The smallest absolute Gasteiger partial charge is 0.272 e. The van der Waals surface area contributed by atoms with Gasteiger partial charge in [0.05, 0.1) is 5.54 Å². The lowest BCUT2D eigenvalue weighted by Crippen LogP contribution is -2.55. The summed E-state index contributed by atoms with van der Waals surface area (Å²) >= 11 is 5.82. The zero-order valence-electron chi connectivity index (χ0n) is 8.62. The summed E-state index contributed by atoms with van der Waals surface area (Å²) in [5.74, 6) is 0.110. The monoisotopic (exact) mass is 241 g/mol. The molecule has 0 saturated heterocycles. The average Bonchev–Trinajstić information content (AvgIpc) is 2.24. The van der Waals surface area contributed by atoms with Crippen molar-refractivity contribution in [2.24, 2.45) is 0 Å². The largest absolute Gasteiger partial charge is 0.344 e. The van der Waals surface area contributed by atoms with Crippen molar-refractivity contribution in [3.63, 3.8) is 0 Å². The number of nitrogens with zero attached hydrogens (tertiary/aromatic N) is 1. The van der Waals surface area contributed by atoms with Gasteiger partial charge in [-0.3, -0.25) is 9.59 Å². The summed E-state index contributed by atoms with van der Waals surface area (Å²) in [6.07, 6.45) is 2.86. The summed E-state index contributed by atoms with van der Waals surface area (Å²) in [6, 6.07) is 2.67. The van der Waals surface area contributed by atoms with Crippen molar-refractivity contribution in [1.82, 2.24) is 15.5 Å². The summed E-state index contributed by atoms with van der Waals surface area (Å²) in [5, 5.41) is 8.74. The SMILES string of the molecule is O=C(NC1(CCl)CCC1)c1ccc(=O)[nH]n1. The molecule has 6 heteroatoms. The van der Waals surface area contributed by atoms with Crippen LogP contribution in [-0.4, -0.2) is 27.5 Å². The van der Waals surface area contributed by atoms with Crippen LogP contribution in [0, 0.1) is 0 Å². The first-order valence-corrected chi connectivity index (χ1v) is 5.63. The van der Waals surface area contributed by atoms with Gasteiger partial charge in [-0.2, -0.15) is 5.10 Å². The standard InChI is InChI=1S/C10H12ClN3O2/c11-6-10(4-1-5-10)12-9(16)7-2-3-8(15)14-13-7/h2-3H,1,4-6H2,(H,12,16)(H,14,15). The minimum Gasteiger partial charge on any atom is -0.344 e. The third-order valence-electron chi connectivity index (χ3n) is 2.86. The van der Waals surface area contributed by atoms with Gasteiger partial charge in [0.1, 0.15) is 5.69 Å². The van der Waals surface area contributed by atoms with Crippen LogP contribution in [0.15, 0.2) is 16.9 Å². The Kier molecular flexibility index (Phi) is 2.96. The summed E-state index contributed by atoms with van der Waals surface area (Å²) < 4.78 is 0. The second-order valence-electron chi connectivity index (χ2n) is 4.03. The zero-order chi connectivity index (χ0) is 11.6. The topological polar surface area (TPSA) is 74.8 Å². The molecule has 1 aliphatic rings. The lowest BCUT2D eigenvalue weighted by molar-refractivity contribution is 0.0847. The number of alkyl halides is 1. The van der Waals surface area contributed by atoms with E-state index < -0.39 is 0 Å². The minimum absolute atomic E-state index is 0.205. The Morgan fingerprint density at radius 2 is 2.31 bits per heavy atom. The van der Waals surface area contributed by atoms with Crippen LogP contribution < -0.4 is 10.9 Å². The lowest BCUT2D eigenvalue weighted by atomic mass is 9.78. The molecule has 2 rings (SSSR count). The molecule has 0 radical (unpaired) electrons. The molecule has 0 unspecified atom stereocenters. The third-order valence-corrected chi connectivity index (χ3v) is 3.37. The number of nitrogens with one attached hydrogen (secondary N) is 2. The van der Waals surface area contributed by atoms with Crippen molar-refractivity contribution in [1.29, 1.82) is 0 Å². The van der Waals surface area contributed by atoms with Crippen LogP contribution in [0.1, 0.15) is 29.8 Å². The van der Waals surface area contributed by atoms with Crippen molar-refractivity contribution in [3.05, 3.63) is 28.2 Å². The van der Waals surface area contributed by atoms with Crippen LogP contribution in [0.3, 0.4) is 0 Å². The Morgan fingerprint density at radius 3 is 2.75 bits per heavy atom. The van der Waals surface area contributed by atoms with Gasteiger partial charge in [0, 0.05) is 11.9 Å². The number of carbonyl (C=O) groups is 1. The van der Waals surface area contributed by atoms with Gasteiger partial charge in [-0.25, -0.2) is 5.10 Å². The number of aromatic nitrogens is 2. The highest BCUT2D eigenvalue weighted by Crippen LogP contribution is 2.32. The van der Waals surface area contributed by atoms with E-state index in [4.69, 9.17) is 11.6 Å². The van der Waals surface area contributed by atoms with Gasteiger partial charge in [-0.1, -0.05) is 0 Å². The number of hydrogen-bond donors (Lipinski definition) is 2. The van der Waals surface area contributed by atoms with Crippen molar-refractivity contribution in [2.45, 2.75) is 24.8 Å². The molecule has 1 fully saturated rings. The highest BCUT2D eigenvalue weighted by molar-refractivity contribution is 6.19. The van der Waals surface area contributed by atoms with Gasteiger partial charge in [-0.15, -0.1) is 11.6 Å². The van der Waals surface area contributed by atoms with Crippen molar-refractivity contribution in [3.8, 4) is 0 Å². The molecule has 0 aliphatic heterocycles. The maximum Gasteiger partial charge on any atom is 0.272 e. The molecule has 1 saturated carbocycles. The molecule has 2 N–H and O–H groups in total. The second-order valence-corrected chi connectivity index (χ2v) is 4.30. The predicted octanol–water partition coefficient (Wildman–Crippen LogP) is 0.661. The van der Waals surface area contributed by atoms with Gasteiger partial charge in [0.15, 0.2) is 0 Å². The van der Waals surface area contributed by atoms with Crippen LogP contribution in [0.25, 0.3) is 0 Å². The summed E-state index contributed by atoms with van der Waals surface area (Å²) in [4.78, 5) is 22.6. The summed E-state index contributed by atoms with van der Waals surface area (Å²) in [7, 11) is 0. The number of aromatic amines is 1. The Bertz CT molecular complexity index is 428. The van der Waals surface area contributed by atoms with Crippen LogP contribution in [0.2, 0.25) is 0 Å². The van der Waals surface area contributed by atoms with E-state index in [2.05, 4.69) is 15.5 Å². The number of amides is 1. The fourth-order valence-corrected chi connectivity index (χ4v) is 2.01. The molecular weight excluding hydrogens is 230 g/mol. The number of hydrogen-bond acceptors (Lipinski definition) is 3. The van der Waals surface area contributed by atoms with Crippen molar-refractivity contribution < 1.29 is 4.79 Å². The molecule has 1 heterocycles. The fourth-order valence-electron chi connectivity index (χ4n) is 1.67. The summed E-state index contributed by atoms with van der Waals surface area (Å²) in [5.41, 5.74) is -0.403. The predicted molar refractivity (Wildman–Crippen MR) is 59.6 cm³/mol. The first kappa shape index (κ1) is 11.1. The number of H-pyrrole nitrogens is 1. The Labute approximate surface area is 97.2 Å². The minimum atomic E-state index is -0.327. The number of halogens is 1. The number of carbonyl (C=O) groups excluding carboxylic acids is 1. The quantitative estimate of drug-likeness (QED) is 0.764. The molecular formula is C10H12ClN3O2. The van der Waals surface area contributed by atoms with E-state index in [1.165, 1.54) is 12.1 Å². The molecule has 16 heavy (non-hydrogen) atoms. The van der Waals surface area contributed by atoms with Crippen LogP contribution in [0.4, 0.5) is 0 Å². The average molecular weight is 242 g/mol. The Hall–Kier alpha value is -1.36.